The van der Waals surface area contributed by atoms with Gasteiger partial charge in [-0.05, 0) is 26.2 Å². The molecule has 0 aromatic carbocycles. The van der Waals surface area contributed by atoms with E-state index < -0.39 is 0 Å². The molecule has 5 heteroatoms. The highest BCUT2D eigenvalue weighted by atomic mass is 16.5. The van der Waals surface area contributed by atoms with Crippen LogP contribution in [0.4, 0.5) is 0 Å². The van der Waals surface area contributed by atoms with Gasteiger partial charge in [-0.2, -0.15) is 0 Å². The third kappa shape index (κ3) is 2.72. The minimum absolute atomic E-state index is 0.000435. The number of hydrogen-bond donors (Lipinski definition) is 1. The van der Waals surface area contributed by atoms with E-state index in [-0.39, 0.29) is 36.4 Å². The van der Waals surface area contributed by atoms with E-state index >= 15 is 0 Å². The summed E-state index contributed by atoms with van der Waals surface area (Å²) in [7, 11) is 0. The van der Waals surface area contributed by atoms with Crippen LogP contribution in [0.2, 0.25) is 0 Å². The van der Waals surface area contributed by atoms with E-state index in [2.05, 4.69) is 5.32 Å². The zero-order chi connectivity index (χ0) is 13.1. The zero-order valence-corrected chi connectivity index (χ0v) is 11.1. The maximum atomic E-state index is 12.1. The van der Waals surface area contributed by atoms with Crippen molar-refractivity contribution in [3.8, 4) is 0 Å². The van der Waals surface area contributed by atoms with Gasteiger partial charge in [0, 0.05) is 19.2 Å². The van der Waals surface area contributed by atoms with Gasteiger partial charge in [-0.3, -0.25) is 14.5 Å². The number of amides is 2. The highest BCUT2D eigenvalue weighted by molar-refractivity contribution is 6.05. The molecule has 5 nitrogen and oxygen atoms in total. The number of imide groups is 1. The number of rotatable bonds is 5. The van der Waals surface area contributed by atoms with Gasteiger partial charge in [0.25, 0.3) is 0 Å². The standard InChI is InChI=1S/C13H22N2O3/c1-3-9(2)15-12(16)7-11(13(15)17)14-8-10-5-4-6-18-10/h9-11,14H,3-8H2,1-2H3. The van der Waals surface area contributed by atoms with Gasteiger partial charge >= 0.3 is 0 Å². The Bertz CT molecular complexity index is 326. The molecule has 0 aliphatic carbocycles. The second-order valence-corrected chi connectivity index (χ2v) is 5.16. The number of likely N-dealkylation sites (tertiary alicyclic amines) is 1. The van der Waals surface area contributed by atoms with E-state index in [1.165, 1.54) is 4.90 Å². The molecule has 102 valence electrons. The first-order valence-electron chi connectivity index (χ1n) is 6.84. The maximum Gasteiger partial charge on any atom is 0.247 e. The lowest BCUT2D eigenvalue weighted by atomic mass is 10.2. The quantitative estimate of drug-likeness (QED) is 0.733. The van der Waals surface area contributed by atoms with Crippen LogP contribution in [0.3, 0.4) is 0 Å². The average molecular weight is 254 g/mol. The van der Waals surface area contributed by atoms with Gasteiger partial charge in [-0.1, -0.05) is 6.92 Å². The summed E-state index contributed by atoms with van der Waals surface area (Å²) < 4.78 is 5.50. The SMILES string of the molecule is CCC(C)N1C(=O)CC(NCC2CCCO2)C1=O. The third-order valence-electron chi connectivity index (χ3n) is 3.83. The van der Waals surface area contributed by atoms with Gasteiger partial charge in [0.15, 0.2) is 0 Å². The highest BCUT2D eigenvalue weighted by Gasteiger charge is 2.40. The lowest BCUT2D eigenvalue weighted by Crippen LogP contribution is -2.44. The van der Waals surface area contributed by atoms with Crippen molar-refractivity contribution in [3.63, 3.8) is 0 Å². The van der Waals surface area contributed by atoms with Crippen LogP contribution in [0.5, 0.6) is 0 Å². The third-order valence-corrected chi connectivity index (χ3v) is 3.83. The van der Waals surface area contributed by atoms with Gasteiger partial charge in [0.1, 0.15) is 0 Å². The summed E-state index contributed by atoms with van der Waals surface area (Å²) in [6.07, 6.45) is 3.41. The fourth-order valence-electron chi connectivity index (χ4n) is 2.54. The van der Waals surface area contributed by atoms with Crippen LogP contribution >= 0.6 is 0 Å². The van der Waals surface area contributed by atoms with Gasteiger partial charge < -0.3 is 10.1 Å². The van der Waals surface area contributed by atoms with E-state index in [1.807, 2.05) is 13.8 Å². The molecule has 18 heavy (non-hydrogen) atoms. The van der Waals surface area contributed by atoms with Gasteiger partial charge in [0.05, 0.1) is 18.6 Å². The molecule has 0 bridgehead atoms. The molecule has 2 amide bonds. The van der Waals surface area contributed by atoms with Gasteiger partial charge in [0.2, 0.25) is 11.8 Å². The first-order chi connectivity index (χ1) is 8.63. The summed E-state index contributed by atoms with van der Waals surface area (Å²) in [6, 6.07) is -0.352. The molecule has 2 saturated heterocycles. The summed E-state index contributed by atoms with van der Waals surface area (Å²) in [5.74, 6) is -0.133. The van der Waals surface area contributed by atoms with E-state index in [9.17, 15) is 9.59 Å². The molecule has 2 rings (SSSR count). The van der Waals surface area contributed by atoms with Crippen molar-refractivity contribution in [2.24, 2.45) is 0 Å². The molecule has 2 fully saturated rings. The maximum absolute atomic E-state index is 12.1. The molecule has 3 unspecified atom stereocenters. The van der Waals surface area contributed by atoms with E-state index in [0.29, 0.717) is 6.54 Å². The first kappa shape index (κ1) is 13.5. The molecule has 1 N–H and O–H groups in total. The smallest absolute Gasteiger partial charge is 0.247 e. The normalized spacial score (nSPS) is 30.2. The van der Waals surface area contributed by atoms with Crippen molar-refractivity contribution < 1.29 is 14.3 Å². The van der Waals surface area contributed by atoms with E-state index in [1.54, 1.807) is 0 Å². The van der Waals surface area contributed by atoms with Crippen molar-refractivity contribution in [1.29, 1.82) is 0 Å². The van der Waals surface area contributed by atoms with Crippen LogP contribution in [-0.4, -0.2) is 48.1 Å². The molecular weight excluding hydrogens is 232 g/mol. The zero-order valence-electron chi connectivity index (χ0n) is 11.1. The lowest BCUT2D eigenvalue weighted by Gasteiger charge is -2.22. The van der Waals surface area contributed by atoms with Crippen LogP contribution in [0.25, 0.3) is 0 Å². The number of ether oxygens (including phenoxy) is 1. The Balaban J connectivity index is 1.87. The van der Waals surface area contributed by atoms with Crippen LogP contribution in [0, 0.1) is 0 Å². The summed E-state index contributed by atoms with van der Waals surface area (Å²) in [5, 5.41) is 3.18. The summed E-state index contributed by atoms with van der Waals surface area (Å²) in [4.78, 5) is 25.4. The Morgan fingerprint density at radius 2 is 2.28 bits per heavy atom. The minimum atomic E-state index is -0.351. The lowest BCUT2D eigenvalue weighted by molar-refractivity contribution is -0.141. The Morgan fingerprint density at radius 1 is 1.50 bits per heavy atom. The molecule has 0 aromatic heterocycles. The monoisotopic (exact) mass is 254 g/mol. The molecule has 2 heterocycles. The first-order valence-corrected chi connectivity index (χ1v) is 6.84. The molecule has 3 atom stereocenters. The number of carbonyl (C=O) groups excluding carboxylic acids is 2. The van der Waals surface area contributed by atoms with Crippen LogP contribution in [-0.2, 0) is 14.3 Å². The van der Waals surface area contributed by atoms with Crippen molar-refractivity contribution >= 4 is 11.8 Å². The summed E-state index contributed by atoms with van der Waals surface area (Å²) >= 11 is 0. The fraction of sp³-hybridized carbons (Fsp3) is 0.846. The Morgan fingerprint density at radius 3 is 2.89 bits per heavy atom. The van der Waals surface area contributed by atoms with Crippen LogP contribution in [0.1, 0.15) is 39.5 Å². The number of hydrogen-bond acceptors (Lipinski definition) is 4. The van der Waals surface area contributed by atoms with Crippen molar-refractivity contribution in [3.05, 3.63) is 0 Å². The van der Waals surface area contributed by atoms with Gasteiger partial charge in [-0.25, -0.2) is 0 Å². The average Bonchev–Trinajstić information content (AvgIpc) is 2.95. The predicted molar refractivity (Wildman–Crippen MR) is 67.0 cm³/mol. The molecule has 0 radical (unpaired) electrons. The Kier molecular flexibility index (Phi) is 4.35. The second-order valence-electron chi connectivity index (χ2n) is 5.16. The molecule has 2 aliphatic rings. The number of carbonyl (C=O) groups is 2. The van der Waals surface area contributed by atoms with Crippen molar-refractivity contribution in [1.82, 2.24) is 10.2 Å². The van der Waals surface area contributed by atoms with Crippen LogP contribution < -0.4 is 5.32 Å². The van der Waals surface area contributed by atoms with Crippen molar-refractivity contribution in [2.75, 3.05) is 13.2 Å². The second kappa shape index (κ2) is 5.80. The predicted octanol–water partition coefficient (Wildman–Crippen LogP) is 0.681. The summed E-state index contributed by atoms with van der Waals surface area (Å²) in [5.41, 5.74) is 0. The molecule has 0 saturated carbocycles. The molecule has 0 spiro atoms. The minimum Gasteiger partial charge on any atom is -0.377 e. The van der Waals surface area contributed by atoms with E-state index in [0.717, 1.165) is 25.9 Å². The molecule has 0 aromatic rings. The molecule has 2 aliphatic heterocycles. The van der Waals surface area contributed by atoms with Crippen molar-refractivity contribution in [2.45, 2.75) is 57.7 Å². The number of nitrogens with zero attached hydrogens (tertiary/aromatic N) is 1. The highest BCUT2D eigenvalue weighted by Crippen LogP contribution is 2.18. The molecular formula is C13H22N2O3. The fourth-order valence-corrected chi connectivity index (χ4v) is 2.54. The van der Waals surface area contributed by atoms with Gasteiger partial charge in [-0.15, -0.1) is 0 Å². The summed E-state index contributed by atoms with van der Waals surface area (Å²) in [6.45, 7) is 5.37. The van der Waals surface area contributed by atoms with Crippen LogP contribution in [0.15, 0.2) is 0 Å². The Hall–Kier alpha value is -0.940. The largest absolute Gasteiger partial charge is 0.377 e. The number of nitrogens with one attached hydrogen (secondary N) is 1. The topological polar surface area (TPSA) is 58.6 Å². The van der Waals surface area contributed by atoms with E-state index in [4.69, 9.17) is 4.74 Å². The Labute approximate surface area is 108 Å².